The average molecular weight is 482 g/mol. The van der Waals surface area contributed by atoms with Crippen molar-refractivity contribution in [2.24, 2.45) is 0 Å². The van der Waals surface area contributed by atoms with Crippen molar-refractivity contribution in [2.45, 2.75) is 52.1 Å². The summed E-state index contributed by atoms with van der Waals surface area (Å²) in [5.41, 5.74) is 1.74. The second-order valence-electron chi connectivity index (χ2n) is 9.00. The molecule has 0 radical (unpaired) electrons. The van der Waals surface area contributed by atoms with E-state index in [0.29, 0.717) is 56.1 Å². The third-order valence-electron chi connectivity index (χ3n) is 6.68. The number of hydrogen-bond donors (Lipinski definition) is 0. The molecule has 0 aliphatic carbocycles. The molecule has 2 aliphatic rings. The van der Waals surface area contributed by atoms with Gasteiger partial charge in [0.05, 0.1) is 6.54 Å². The highest BCUT2D eigenvalue weighted by molar-refractivity contribution is 5.78. The van der Waals surface area contributed by atoms with E-state index in [0.717, 1.165) is 30.4 Å². The molecule has 2 aromatic rings. The minimum Gasteiger partial charge on any atom is -0.342 e. The maximum atomic E-state index is 13.0. The number of piperidine rings is 1. The van der Waals surface area contributed by atoms with Crippen LogP contribution in [0.2, 0.25) is 0 Å². The van der Waals surface area contributed by atoms with Gasteiger partial charge in [0.15, 0.2) is 0 Å². The second kappa shape index (κ2) is 9.85. The number of likely N-dealkylation sites (tertiary alicyclic amines) is 1. The Kier molecular flexibility index (Phi) is 7.06. The van der Waals surface area contributed by atoms with Crippen LogP contribution in [0, 0.1) is 13.8 Å². The zero-order valence-corrected chi connectivity index (χ0v) is 19.6. The molecule has 0 aromatic carbocycles. The molecular formula is C22H30F3N7O2. The first-order valence-electron chi connectivity index (χ1n) is 11.7. The Morgan fingerprint density at radius 3 is 2.18 bits per heavy atom. The standard InChI is InChI=1S/C22H30F3N7O2/c1-15-17(16(2)32-21(26-15)27-20(28-32)22(23,24)25)6-7-18(33)31-12-10-29(11-13-31)14-19(34)30-8-4-3-5-9-30/h3-14H2,1-2H3. The van der Waals surface area contributed by atoms with Crippen LogP contribution >= 0.6 is 0 Å². The summed E-state index contributed by atoms with van der Waals surface area (Å²) in [6.07, 6.45) is -0.756. The molecule has 186 valence electrons. The Hall–Kier alpha value is -2.76. The smallest absolute Gasteiger partial charge is 0.342 e. The van der Waals surface area contributed by atoms with E-state index >= 15 is 0 Å². The largest absolute Gasteiger partial charge is 0.453 e. The summed E-state index contributed by atoms with van der Waals surface area (Å²) in [5.74, 6) is -1.19. The lowest BCUT2D eigenvalue weighted by Crippen LogP contribution is -2.52. The molecule has 0 spiro atoms. The fourth-order valence-electron chi connectivity index (χ4n) is 4.67. The van der Waals surface area contributed by atoms with Crippen LogP contribution < -0.4 is 0 Å². The van der Waals surface area contributed by atoms with Crippen molar-refractivity contribution in [2.75, 3.05) is 45.8 Å². The van der Waals surface area contributed by atoms with Crippen LogP contribution in [-0.2, 0) is 22.2 Å². The summed E-state index contributed by atoms with van der Waals surface area (Å²) in [7, 11) is 0. The molecule has 2 fully saturated rings. The van der Waals surface area contributed by atoms with Crippen LogP contribution in [-0.4, -0.2) is 91.9 Å². The van der Waals surface area contributed by atoms with E-state index in [2.05, 4.69) is 20.0 Å². The highest BCUT2D eigenvalue weighted by atomic mass is 19.4. The monoisotopic (exact) mass is 481 g/mol. The van der Waals surface area contributed by atoms with Crippen LogP contribution in [0.5, 0.6) is 0 Å². The van der Waals surface area contributed by atoms with Crippen LogP contribution in [0.4, 0.5) is 13.2 Å². The molecule has 0 atom stereocenters. The summed E-state index contributed by atoms with van der Waals surface area (Å²) in [5, 5.41) is 3.55. The quantitative estimate of drug-likeness (QED) is 0.648. The summed E-state index contributed by atoms with van der Waals surface area (Å²) < 4.78 is 40.0. The van der Waals surface area contributed by atoms with E-state index in [1.807, 2.05) is 4.90 Å². The number of alkyl halides is 3. The minimum atomic E-state index is -4.65. The number of carbonyl (C=O) groups excluding carboxylic acids is 2. The Bertz CT molecular complexity index is 1050. The van der Waals surface area contributed by atoms with Crippen molar-refractivity contribution in [3.8, 4) is 0 Å². The van der Waals surface area contributed by atoms with Crippen molar-refractivity contribution in [3.63, 3.8) is 0 Å². The van der Waals surface area contributed by atoms with E-state index < -0.39 is 12.0 Å². The first-order chi connectivity index (χ1) is 16.1. The third kappa shape index (κ3) is 5.31. The number of amides is 2. The Balaban J connectivity index is 1.31. The van der Waals surface area contributed by atoms with Gasteiger partial charge in [-0.3, -0.25) is 14.5 Å². The third-order valence-corrected chi connectivity index (χ3v) is 6.68. The Labute approximate surface area is 195 Å². The van der Waals surface area contributed by atoms with Gasteiger partial charge in [-0.25, -0.2) is 9.50 Å². The first kappa shape index (κ1) is 24.4. The average Bonchev–Trinajstić information content (AvgIpc) is 3.25. The van der Waals surface area contributed by atoms with Crippen LogP contribution in [0.15, 0.2) is 0 Å². The summed E-state index contributed by atoms with van der Waals surface area (Å²) in [6.45, 7) is 7.84. The van der Waals surface area contributed by atoms with E-state index in [-0.39, 0.29) is 24.0 Å². The lowest BCUT2D eigenvalue weighted by atomic mass is 10.1. The van der Waals surface area contributed by atoms with Crippen molar-refractivity contribution < 1.29 is 22.8 Å². The Morgan fingerprint density at radius 2 is 1.53 bits per heavy atom. The SMILES string of the molecule is Cc1nc2nc(C(F)(F)F)nn2c(C)c1CCC(=O)N1CCN(CC(=O)N2CCCCC2)CC1. The molecule has 12 heteroatoms. The number of aromatic nitrogens is 4. The van der Waals surface area contributed by atoms with Gasteiger partial charge in [-0.1, -0.05) is 0 Å². The lowest BCUT2D eigenvalue weighted by molar-refractivity contribution is -0.144. The van der Waals surface area contributed by atoms with Gasteiger partial charge in [-0.05, 0) is 45.1 Å². The van der Waals surface area contributed by atoms with E-state index in [1.54, 1.807) is 18.7 Å². The van der Waals surface area contributed by atoms with Gasteiger partial charge in [-0.15, -0.1) is 5.10 Å². The van der Waals surface area contributed by atoms with Gasteiger partial charge in [0.1, 0.15) is 0 Å². The summed E-state index contributed by atoms with van der Waals surface area (Å²) in [6, 6.07) is 0. The van der Waals surface area contributed by atoms with Crippen LogP contribution in [0.3, 0.4) is 0 Å². The normalized spacial score (nSPS) is 18.0. The zero-order valence-electron chi connectivity index (χ0n) is 19.6. The minimum absolute atomic E-state index is 0.0181. The molecule has 0 saturated carbocycles. The fraction of sp³-hybridized carbons (Fsp3) is 0.682. The molecule has 2 aromatic heterocycles. The predicted molar refractivity (Wildman–Crippen MR) is 117 cm³/mol. The molecule has 2 saturated heterocycles. The summed E-state index contributed by atoms with van der Waals surface area (Å²) >= 11 is 0. The molecule has 9 nitrogen and oxygen atoms in total. The number of aryl methyl sites for hydroxylation is 2. The van der Waals surface area contributed by atoms with Gasteiger partial charge in [0.25, 0.3) is 11.6 Å². The zero-order chi connectivity index (χ0) is 24.5. The van der Waals surface area contributed by atoms with Crippen molar-refractivity contribution in [1.82, 2.24) is 34.3 Å². The number of fused-ring (bicyclic) bond motifs is 1. The predicted octanol–water partition coefficient (Wildman–Crippen LogP) is 1.85. The molecule has 0 unspecified atom stereocenters. The number of halogens is 3. The Morgan fingerprint density at radius 1 is 0.882 bits per heavy atom. The van der Waals surface area contributed by atoms with Crippen LogP contribution in [0.1, 0.15) is 48.5 Å². The second-order valence-corrected chi connectivity index (χ2v) is 9.00. The number of carbonyl (C=O) groups is 2. The molecule has 2 aliphatic heterocycles. The highest BCUT2D eigenvalue weighted by Gasteiger charge is 2.37. The molecule has 0 N–H and O–H groups in total. The lowest BCUT2D eigenvalue weighted by Gasteiger charge is -2.36. The molecular weight excluding hydrogens is 451 g/mol. The molecule has 4 heterocycles. The van der Waals surface area contributed by atoms with Gasteiger partial charge >= 0.3 is 6.18 Å². The number of nitrogens with zero attached hydrogens (tertiary/aromatic N) is 7. The number of hydrogen-bond acceptors (Lipinski definition) is 6. The maximum absolute atomic E-state index is 13.0. The first-order valence-corrected chi connectivity index (χ1v) is 11.7. The van der Waals surface area contributed by atoms with Crippen molar-refractivity contribution >= 4 is 17.6 Å². The molecule has 0 bridgehead atoms. The number of rotatable bonds is 5. The van der Waals surface area contributed by atoms with E-state index in [4.69, 9.17) is 0 Å². The molecule has 34 heavy (non-hydrogen) atoms. The van der Waals surface area contributed by atoms with Gasteiger partial charge in [0.2, 0.25) is 11.8 Å². The van der Waals surface area contributed by atoms with Crippen molar-refractivity contribution in [1.29, 1.82) is 0 Å². The fourth-order valence-corrected chi connectivity index (χ4v) is 4.67. The molecule has 2 amide bonds. The topological polar surface area (TPSA) is 86.9 Å². The number of piperazine rings is 1. The maximum Gasteiger partial charge on any atom is 0.453 e. The molecule has 4 rings (SSSR count). The van der Waals surface area contributed by atoms with Gasteiger partial charge < -0.3 is 9.80 Å². The summed E-state index contributed by atoms with van der Waals surface area (Å²) in [4.78, 5) is 38.7. The van der Waals surface area contributed by atoms with E-state index in [9.17, 15) is 22.8 Å². The van der Waals surface area contributed by atoms with Crippen LogP contribution in [0.25, 0.3) is 5.78 Å². The van der Waals surface area contributed by atoms with E-state index in [1.165, 1.54) is 6.42 Å². The van der Waals surface area contributed by atoms with Crippen molar-refractivity contribution in [3.05, 3.63) is 22.8 Å². The van der Waals surface area contributed by atoms with Gasteiger partial charge in [0, 0.05) is 57.1 Å². The highest BCUT2D eigenvalue weighted by Crippen LogP contribution is 2.27. The van der Waals surface area contributed by atoms with Gasteiger partial charge in [-0.2, -0.15) is 18.2 Å².